The van der Waals surface area contributed by atoms with E-state index in [4.69, 9.17) is 16.3 Å². The normalized spacial score (nSPS) is 16.2. The summed E-state index contributed by atoms with van der Waals surface area (Å²) < 4.78 is 17.6. The lowest BCUT2D eigenvalue weighted by molar-refractivity contribution is 0.104. The van der Waals surface area contributed by atoms with Crippen LogP contribution in [0.2, 0.25) is 5.02 Å². The van der Waals surface area contributed by atoms with E-state index in [1.54, 1.807) is 36.0 Å². The molecule has 3 nitrogen and oxygen atoms in total. The largest absolute Gasteiger partial charge is 0.496 e. The maximum absolute atomic E-state index is 12.7. The molecular weight excluding hydrogens is 349 g/mol. The van der Waals surface area contributed by atoms with Gasteiger partial charge in [-0.1, -0.05) is 23.4 Å². The minimum Gasteiger partial charge on any atom is -0.496 e. The number of rotatable bonds is 7. The third-order valence-electron chi connectivity index (χ3n) is 3.88. The van der Waals surface area contributed by atoms with E-state index in [2.05, 4.69) is 4.90 Å². The molecule has 0 aliphatic carbocycles. The lowest BCUT2D eigenvalue weighted by Crippen LogP contribution is -2.18. The highest BCUT2D eigenvalue weighted by Crippen LogP contribution is 2.41. The van der Waals surface area contributed by atoms with Crippen LogP contribution >= 0.6 is 23.4 Å². The van der Waals surface area contributed by atoms with Crippen molar-refractivity contribution in [1.82, 2.24) is 4.90 Å². The van der Waals surface area contributed by atoms with E-state index in [1.807, 2.05) is 13.8 Å². The Labute approximate surface area is 151 Å². The lowest BCUT2D eigenvalue weighted by Gasteiger charge is -2.21. The quantitative estimate of drug-likeness (QED) is 0.364. The number of carbonyl (C=O) groups excluding carboxylic acids is 1. The number of unbranched alkanes of at least 4 members (excludes halogenated alkanes) is 1. The first-order chi connectivity index (χ1) is 11.5. The predicted octanol–water partition coefficient (Wildman–Crippen LogP) is 5.42. The number of benzene rings is 1. The summed E-state index contributed by atoms with van der Waals surface area (Å²) in [4.78, 5) is 15.9. The van der Waals surface area contributed by atoms with Gasteiger partial charge in [0.25, 0.3) is 0 Å². The summed E-state index contributed by atoms with van der Waals surface area (Å²) in [7, 11) is 1.52. The summed E-state index contributed by atoms with van der Waals surface area (Å²) in [5, 5.41) is 1.35. The highest BCUT2D eigenvalue weighted by atomic mass is 35.5. The van der Waals surface area contributed by atoms with Crippen molar-refractivity contribution >= 4 is 29.1 Å². The van der Waals surface area contributed by atoms with E-state index in [9.17, 15) is 9.18 Å². The molecule has 0 spiro atoms. The second-order valence-corrected chi connectivity index (χ2v) is 7.15. The molecule has 0 aromatic heterocycles. The SMILES string of the molecule is COc1ccc(Cl)cc1C(=O)C=C1SC(C)=C(C)N1CCCCF. The van der Waals surface area contributed by atoms with Crippen LogP contribution in [0.1, 0.15) is 37.0 Å². The Morgan fingerprint density at radius 2 is 2.12 bits per heavy atom. The summed E-state index contributed by atoms with van der Waals surface area (Å²) in [6.07, 6.45) is 2.87. The summed E-state index contributed by atoms with van der Waals surface area (Å²) in [5.41, 5.74) is 1.54. The molecule has 0 amide bonds. The van der Waals surface area contributed by atoms with Crippen LogP contribution in [0.3, 0.4) is 0 Å². The first-order valence-corrected chi connectivity index (χ1v) is 8.95. The van der Waals surface area contributed by atoms with Crippen LogP contribution in [0.15, 0.2) is 39.9 Å². The van der Waals surface area contributed by atoms with Gasteiger partial charge in [-0.05, 0) is 44.9 Å². The number of thioether (sulfide) groups is 1. The second-order valence-electron chi connectivity index (χ2n) is 5.48. The Balaban J connectivity index is 2.25. The first-order valence-electron chi connectivity index (χ1n) is 7.76. The van der Waals surface area contributed by atoms with Crippen molar-refractivity contribution in [2.75, 3.05) is 20.3 Å². The number of allylic oxidation sites excluding steroid dienone is 3. The van der Waals surface area contributed by atoms with E-state index < -0.39 is 0 Å². The first kappa shape index (κ1) is 18.9. The van der Waals surface area contributed by atoms with Crippen molar-refractivity contribution in [3.63, 3.8) is 0 Å². The number of ether oxygens (including phenoxy) is 1. The second kappa shape index (κ2) is 8.58. The molecule has 1 aromatic rings. The Kier molecular flexibility index (Phi) is 6.75. The van der Waals surface area contributed by atoms with Gasteiger partial charge >= 0.3 is 0 Å². The summed E-state index contributed by atoms with van der Waals surface area (Å²) in [6.45, 7) is 4.42. The predicted molar refractivity (Wildman–Crippen MR) is 98.3 cm³/mol. The molecule has 0 saturated carbocycles. The average Bonchev–Trinajstić information content (AvgIpc) is 2.82. The Morgan fingerprint density at radius 3 is 2.79 bits per heavy atom. The van der Waals surface area contributed by atoms with Crippen molar-refractivity contribution in [1.29, 1.82) is 0 Å². The molecule has 1 aliphatic rings. The molecule has 0 N–H and O–H groups in total. The molecule has 1 aromatic carbocycles. The summed E-state index contributed by atoms with van der Waals surface area (Å²) in [6, 6.07) is 4.98. The number of alkyl halides is 1. The maximum atomic E-state index is 12.7. The molecule has 24 heavy (non-hydrogen) atoms. The van der Waals surface area contributed by atoms with Crippen molar-refractivity contribution in [2.24, 2.45) is 0 Å². The monoisotopic (exact) mass is 369 g/mol. The van der Waals surface area contributed by atoms with Gasteiger partial charge in [0.2, 0.25) is 0 Å². The van der Waals surface area contributed by atoms with E-state index in [0.29, 0.717) is 29.3 Å². The Morgan fingerprint density at radius 1 is 1.38 bits per heavy atom. The highest BCUT2D eigenvalue weighted by molar-refractivity contribution is 8.06. The van der Waals surface area contributed by atoms with Gasteiger partial charge < -0.3 is 9.64 Å². The van der Waals surface area contributed by atoms with Crippen molar-refractivity contribution in [2.45, 2.75) is 26.7 Å². The number of halogens is 2. The number of ketones is 1. The maximum Gasteiger partial charge on any atom is 0.192 e. The van der Waals surface area contributed by atoms with Crippen LogP contribution in [-0.2, 0) is 0 Å². The van der Waals surface area contributed by atoms with Gasteiger partial charge in [-0.2, -0.15) is 0 Å². The van der Waals surface area contributed by atoms with Crippen molar-refractivity contribution in [3.8, 4) is 5.75 Å². The molecular formula is C18H21ClFNO2S. The van der Waals surface area contributed by atoms with Crippen LogP contribution in [0, 0.1) is 0 Å². The molecule has 1 heterocycles. The molecule has 0 radical (unpaired) electrons. The molecule has 1 aliphatic heterocycles. The minimum atomic E-state index is -0.319. The lowest BCUT2D eigenvalue weighted by atomic mass is 10.1. The third-order valence-corrected chi connectivity index (χ3v) is 5.27. The standard InChI is InChI=1S/C18H21ClFNO2S/c1-12-13(2)24-18(21(12)9-5-4-8-20)11-16(22)15-10-14(19)6-7-17(15)23-3/h6-7,10-11H,4-5,8-9H2,1-3H3. The fourth-order valence-corrected chi connectivity index (χ4v) is 3.70. The molecule has 0 fully saturated rings. The minimum absolute atomic E-state index is 0.158. The van der Waals surface area contributed by atoms with Gasteiger partial charge in [0.15, 0.2) is 5.78 Å². The van der Waals surface area contributed by atoms with Crippen LogP contribution in [0.25, 0.3) is 0 Å². The van der Waals surface area contributed by atoms with Gasteiger partial charge in [-0.3, -0.25) is 9.18 Å². The Bertz CT molecular complexity index is 688. The van der Waals surface area contributed by atoms with Gasteiger partial charge in [-0.15, -0.1) is 0 Å². The van der Waals surface area contributed by atoms with E-state index in [1.165, 1.54) is 7.11 Å². The zero-order valence-electron chi connectivity index (χ0n) is 14.1. The topological polar surface area (TPSA) is 29.5 Å². The molecule has 0 atom stereocenters. The fourth-order valence-electron chi connectivity index (χ4n) is 2.45. The smallest absolute Gasteiger partial charge is 0.192 e. The molecule has 130 valence electrons. The zero-order valence-corrected chi connectivity index (χ0v) is 15.6. The molecule has 0 unspecified atom stereocenters. The number of nitrogens with zero attached hydrogens (tertiary/aromatic N) is 1. The van der Waals surface area contributed by atoms with E-state index in [-0.39, 0.29) is 12.5 Å². The average molecular weight is 370 g/mol. The number of hydrogen-bond acceptors (Lipinski definition) is 4. The van der Waals surface area contributed by atoms with Crippen LogP contribution < -0.4 is 4.74 Å². The van der Waals surface area contributed by atoms with Gasteiger partial charge in [0.05, 0.1) is 24.4 Å². The fraction of sp³-hybridized carbons (Fsp3) is 0.389. The molecule has 0 saturated heterocycles. The van der Waals surface area contributed by atoms with Gasteiger partial charge in [-0.25, -0.2) is 0 Å². The van der Waals surface area contributed by atoms with Gasteiger partial charge in [0.1, 0.15) is 5.75 Å². The zero-order chi connectivity index (χ0) is 17.7. The van der Waals surface area contributed by atoms with Crippen LogP contribution in [-0.4, -0.2) is 31.0 Å². The van der Waals surface area contributed by atoms with E-state index in [0.717, 1.165) is 22.1 Å². The summed E-state index contributed by atoms with van der Waals surface area (Å²) >= 11 is 7.56. The number of carbonyl (C=O) groups is 1. The van der Waals surface area contributed by atoms with Gasteiger partial charge in [0, 0.05) is 28.2 Å². The highest BCUT2D eigenvalue weighted by Gasteiger charge is 2.24. The molecule has 0 bridgehead atoms. The number of hydrogen-bond donors (Lipinski definition) is 0. The Hall–Kier alpha value is -1.46. The molecule has 6 heteroatoms. The molecule has 2 rings (SSSR count). The van der Waals surface area contributed by atoms with Crippen molar-refractivity contribution in [3.05, 3.63) is 50.5 Å². The van der Waals surface area contributed by atoms with Crippen LogP contribution in [0.5, 0.6) is 5.75 Å². The van der Waals surface area contributed by atoms with E-state index >= 15 is 0 Å². The van der Waals surface area contributed by atoms with Crippen LogP contribution in [0.4, 0.5) is 4.39 Å². The number of methoxy groups -OCH3 is 1. The van der Waals surface area contributed by atoms with Crippen molar-refractivity contribution < 1.29 is 13.9 Å². The third kappa shape index (κ3) is 4.33. The summed E-state index contributed by atoms with van der Waals surface area (Å²) in [5.74, 6) is 0.337.